The molecule has 1 saturated carbocycles. The van der Waals surface area contributed by atoms with Crippen LogP contribution in [-0.4, -0.2) is 21.7 Å². The van der Waals surface area contributed by atoms with E-state index in [0.29, 0.717) is 24.9 Å². The first-order chi connectivity index (χ1) is 13.4. The molecule has 1 aromatic heterocycles. The lowest BCUT2D eigenvalue weighted by Crippen LogP contribution is -2.36. The van der Waals surface area contributed by atoms with Crippen LogP contribution in [0, 0.1) is 12.8 Å². The number of nitrogen functional groups attached to an aromatic ring is 1. The molecule has 0 atom stereocenters. The average Bonchev–Trinajstić information content (AvgIpc) is 3.16. The van der Waals surface area contributed by atoms with Gasteiger partial charge in [-0.1, -0.05) is 12.6 Å². The molecular weight excluding hydrogens is 358 g/mol. The second-order valence-electron chi connectivity index (χ2n) is 7.05. The second kappa shape index (κ2) is 9.41. The number of alkyl halides is 2. The number of aromatic nitrogens is 2. The van der Waals surface area contributed by atoms with Crippen molar-refractivity contribution in [3.8, 4) is 24.0 Å². The topological polar surface area (TPSA) is 55.9 Å². The summed E-state index contributed by atoms with van der Waals surface area (Å²) in [5, 5.41) is 7.61. The number of benzene rings is 1. The van der Waals surface area contributed by atoms with Gasteiger partial charge in [0.05, 0.1) is 6.20 Å². The monoisotopic (exact) mass is 386 g/mol. The summed E-state index contributed by atoms with van der Waals surface area (Å²) in [5.74, 6) is -2.51. The molecule has 0 spiro atoms. The van der Waals surface area contributed by atoms with Crippen LogP contribution in [0.1, 0.15) is 38.2 Å². The highest BCUT2D eigenvalue weighted by atomic mass is 19.3. The number of nitrogens with zero attached hydrogens (tertiary/aromatic N) is 2. The van der Waals surface area contributed by atoms with E-state index in [9.17, 15) is 8.78 Å². The first-order valence-electron chi connectivity index (χ1n) is 9.43. The normalized spacial score (nSPS) is 16.0. The van der Waals surface area contributed by atoms with Gasteiger partial charge in [-0.05, 0) is 43.0 Å². The number of nitrogens with one attached hydrogen (secondary N) is 1. The molecule has 6 heteroatoms. The van der Waals surface area contributed by atoms with Crippen LogP contribution in [0.2, 0.25) is 0 Å². The predicted octanol–water partition coefficient (Wildman–Crippen LogP) is 4.63. The summed E-state index contributed by atoms with van der Waals surface area (Å²) in [6, 6.07) is 5.99. The fourth-order valence-corrected chi connectivity index (χ4v) is 3.38. The summed E-state index contributed by atoms with van der Waals surface area (Å²) in [6.45, 7) is 6.94. The van der Waals surface area contributed by atoms with Gasteiger partial charge in [-0.25, -0.2) is 8.78 Å². The maximum absolute atomic E-state index is 13.3. The number of aryl methyl sites for hydroxylation is 1. The fourth-order valence-electron chi connectivity index (χ4n) is 3.38. The van der Waals surface area contributed by atoms with Crippen LogP contribution >= 0.6 is 0 Å². The minimum atomic E-state index is -2.51. The third-order valence-electron chi connectivity index (χ3n) is 4.96. The maximum Gasteiger partial charge on any atom is 0.248 e. The zero-order valence-corrected chi connectivity index (χ0v) is 16.3. The van der Waals surface area contributed by atoms with Crippen molar-refractivity contribution in [3.05, 3.63) is 48.4 Å². The van der Waals surface area contributed by atoms with Crippen molar-refractivity contribution < 1.29 is 8.78 Å². The summed E-state index contributed by atoms with van der Waals surface area (Å²) < 4.78 is 28.4. The van der Waals surface area contributed by atoms with Crippen LogP contribution < -0.4 is 11.1 Å². The zero-order chi connectivity index (χ0) is 20.7. The lowest BCUT2D eigenvalue weighted by molar-refractivity contribution is -0.0397. The van der Waals surface area contributed by atoms with Gasteiger partial charge < -0.3 is 11.1 Å². The molecule has 150 valence electrons. The standard InChI is InChI=1S/C20H26F2N4.C2H2/c1-3-26-13-17(12-24-26)15-4-5-19(23)16(11-15)10-14(2)25-18-6-8-20(21,22)9-7-18;1-2/h4-5,11-13,18,25H,2-3,6-10,23H2,1H3;1-2H. The van der Waals surface area contributed by atoms with Gasteiger partial charge >= 0.3 is 0 Å². The van der Waals surface area contributed by atoms with E-state index in [1.165, 1.54) is 0 Å². The summed E-state index contributed by atoms with van der Waals surface area (Å²) in [4.78, 5) is 0. The van der Waals surface area contributed by atoms with Gasteiger partial charge in [0, 0.05) is 55.0 Å². The Morgan fingerprint density at radius 3 is 2.61 bits per heavy atom. The average molecular weight is 386 g/mol. The number of nitrogens with two attached hydrogens (primary N) is 1. The van der Waals surface area contributed by atoms with Gasteiger partial charge in [0.2, 0.25) is 5.92 Å². The minimum Gasteiger partial charge on any atom is -0.398 e. The largest absolute Gasteiger partial charge is 0.398 e. The van der Waals surface area contributed by atoms with Crippen LogP contribution in [-0.2, 0) is 13.0 Å². The minimum absolute atomic E-state index is 0.0585. The number of hydrogen-bond acceptors (Lipinski definition) is 3. The Kier molecular flexibility index (Phi) is 7.22. The Labute approximate surface area is 165 Å². The molecule has 0 radical (unpaired) electrons. The molecule has 0 amide bonds. The molecule has 1 heterocycles. The van der Waals surface area contributed by atoms with Crippen molar-refractivity contribution in [2.75, 3.05) is 5.73 Å². The van der Waals surface area contributed by atoms with E-state index in [0.717, 1.165) is 28.9 Å². The van der Waals surface area contributed by atoms with Gasteiger partial charge in [0.25, 0.3) is 0 Å². The Balaban J connectivity index is 0.00000136. The molecule has 3 rings (SSSR count). The van der Waals surface area contributed by atoms with Crippen molar-refractivity contribution >= 4 is 5.69 Å². The Morgan fingerprint density at radius 1 is 1.32 bits per heavy atom. The summed E-state index contributed by atoms with van der Waals surface area (Å²) in [6.07, 6.45) is 13.2. The summed E-state index contributed by atoms with van der Waals surface area (Å²) in [7, 11) is 0. The van der Waals surface area contributed by atoms with Crippen LogP contribution in [0.4, 0.5) is 14.5 Å². The van der Waals surface area contributed by atoms with E-state index in [1.54, 1.807) is 0 Å². The van der Waals surface area contributed by atoms with Crippen LogP contribution in [0.15, 0.2) is 42.9 Å². The van der Waals surface area contributed by atoms with E-state index in [2.05, 4.69) is 29.8 Å². The number of rotatable bonds is 6. The van der Waals surface area contributed by atoms with Crippen LogP contribution in [0.25, 0.3) is 11.1 Å². The molecule has 3 N–H and O–H groups in total. The highest BCUT2D eigenvalue weighted by Gasteiger charge is 2.34. The lowest BCUT2D eigenvalue weighted by Gasteiger charge is -2.30. The van der Waals surface area contributed by atoms with E-state index >= 15 is 0 Å². The Hall–Kier alpha value is -2.81. The molecule has 1 fully saturated rings. The number of halogens is 2. The molecular formula is C22H28F2N4. The molecule has 0 unspecified atom stereocenters. The SMILES string of the molecule is C#C.C=C(Cc1cc(-c2cnn(CC)c2)ccc1N)NC1CCC(F)(F)CC1. The smallest absolute Gasteiger partial charge is 0.248 e. The fraction of sp³-hybridized carbons (Fsp3) is 0.409. The van der Waals surface area contributed by atoms with Crippen molar-refractivity contribution in [1.82, 2.24) is 15.1 Å². The van der Waals surface area contributed by atoms with Gasteiger partial charge in [0.1, 0.15) is 0 Å². The Morgan fingerprint density at radius 2 is 2.00 bits per heavy atom. The highest BCUT2D eigenvalue weighted by Crippen LogP contribution is 2.33. The zero-order valence-electron chi connectivity index (χ0n) is 16.3. The molecule has 0 aliphatic heterocycles. The molecule has 0 bridgehead atoms. The Bertz CT molecular complexity index is 813. The van der Waals surface area contributed by atoms with E-state index < -0.39 is 5.92 Å². The quantitative estimate of drug-likeness (QED) is 0.562. The van der Waals surface area contributed by atoms with Crippen molar-refractivity contribution in [2.45, 2.75) is 57.5 Å². The van der Waals surface area contributed by atoms with Crippen LogP contribution in [0.3, 0.4) is 0 Å². The molecule has 1 aliphatic carbocycles. The van der Waals surface area contributed by atoms with E-state index in [1.807, 2.05) is 42.2 Å². The molecule has 1 aliphatic rings. The third kappa shape index (κ3) is 5.59. The van der Waals surface area contributed by atoms with Gasteiger partial charge in [-0.15, -0.1) is 12.8 Å². The van der Waals surface area contributed by atoms with Crippen molar-refractivity contribution in [2.24, 2.45) is 0 Å². The van der Waals surface area contributed by atoms with E-state index in [-0.39, 0.29) is 18.9 Å². The summed E-state index contributed by atoms with van der Waals surface area (Å²) in [5.41, 5.74) is 10.7. The van der Waals surface area contributed by atoms with Crippen molar-refractivity contribution in [3.63, 3.8) is 0 Å². The number of anilines is 1. The van der Waals surface area contributed by atoms with Crippen molar-refractivity contribution in [1.29, 1.82) is 0 Å². The molecule has 2 aromatic rings. The molecule has 0 saturated heterocycles. The van der Waals surface area contributed by atoms with Gasteiger partial charge in [-0.3, -0.25) is 4.68 Å². The van der Waals surface area contributed by atoms with Crippen LogP contribution in [0.5, 0.6) is 0 Å². The summed E-state index contributed by atoms with van der Waals surface area (Å²) >= 11 is 0. The maximum atomic E-state index is 13.3. The predicted molar refractivity (Wildman–Crippen MR) is 111 cm³/mol. The number of allylic oxidation sites excluding steroid dienone is 1. The third-order valence-corrected chi connectivity index (χ3v) is 4.96. The lowest BCUT2D eigenvalue weighted by atomic mass is 9.92. The number of hydrogen-bond donors (Lipinski definition) is 2. The second-order valence-corrected chi connectivity index (χ2v) is 7.05. The molecule has 4 nitrogen and oxygen atoms in total. The number of terminal acetylenes is 1. The van der Waals surface area contributed by atoms with E-state index in [4.69, 9.17) is 5.73 Å². The highest BCUT2D eigenvalue weighted by molar-refractivity contribution is 5.67. The first-order valence-corrected chi connectivity index (χ1v) is 9.43. The van der Waals surface area contributed by atoms with Gasteiger partial charge in [-0.2, -0.15) is 5.10 Å². The molecule has 1 aromatic carbocycles. The molecule has 28 heavy (non-hydrogen) atoms. The van der Waals surface area contributed by atoms with Gasteiger partial charge in [0.15, 0.2) is 0 Å². The first kappa shape index (κ1) is 21.5.